The molecule has 2 aliphatic heterocycles. The van der Waals surface area contributed by atoms with Gasteiger partial charge in [-0.25, -0.2) is 0 Å². The molecule has 2 heterocycles. The summed E-state index contributed by atoms with van der Waals surface area (Å²) in [7, 11) is 1.69. The maximum Gasteiger partial charge on any atom is 0.225 e. The molecule has 0 aliphatic carbocycles. The first-order chi connectivity index (χ1) is 16.1. The van der Waals surface area contributed by atoms with Crippen molar-refractivity contribution in [2.75, 3.05) is 36.5 Å². The van der Waals surface area contributed by atoms with Crippen LogP contribution in [0.3, 0.4) is 0 Å². The minimum atomic E-state index is -0.153. The van der Waals surface area contributed by atoms with Crippen molar-refractivity contribution in [3.63, 3.8) is 0 Å². The van der Waals surface area contributed by atoms with E-state index in [0.717, 1.165) is 41.7 Å². The zero-order valence-corrected chi connectivity index (χ0v) is 19.5. The summed E-state index contributed by atoms with van der Waals surface area (Å²) >= 11 is 6.52. The van der Waals surface area contributed by atoms with Gasteiger partial charge in [-0.15, -0.1) is 0 Å². The molecule has 1 N–H and O–H groups in total. The lowest BCUT2D eigenvalue weighted by atomic mass is 9.83. The van der Waals surface area contributed by atoms with Crippen molar-refractivity contribution in [3.8, 4) is 5.75 Å². The van der Waals surface area contributed by atoms with Gasteiger partial charge in [0.15, 0.2) is 0 Å². The molecule has 5 nitrogen and oxygen atoms in total. The molecule has 1 fully saturated rings. The van der Waals surface area contributed by atoms with E-state index in [1.807, 2.05) is 54.6 Å². The molecular formula is C27H28ClN3O2. The summed E-state index contributed by atoms with van der Waals surface area (Å²) in [6, 6.07) is 24.2. The molecule has 3 aromatic carbocycles. The predicted octanol–water partition coefficient (Wildman–Crippen LogP) is 4.53. The molecule has 2 unspecified atom stereocenters. The van der Waals surface area contributed by atoms with Crippen LogP contribution in [-0.4, -0.2) is 38.7 Å². The van der Waals surface area contributed by atoms with Gasteiger partial charge in [0.1, 0.15) is 5.75 Å². The summed E-state index contributed by atoms with van der Waals surface area (Å²) < 4.78 is 5.49. The van der Waals surface area contributed by atoms with Gasteiger partial charge in [-0.3, -0.25) is 4.79 Å². The number of hydrogen-bond donors (Lipinski definition) is 1. The Labute approximate surface area is 199 Å². The lowest BCUT2D eigenvalue weighted by molar-refractivity contribution is -0.126. The Morgan fingerprint density at radius 1 is 1.03 bits per heavy atom. The van der Waals surface area contributed by atoms with E-state index in [-0.39, 0.29) is 17.9 Å². The molecule has 0 saturated carbocycles. The first kappa shape index (κ1) is 21.7. The average molecular weight is 462 g/mol. The van der Waals surface area contributed by atoms with Crippen molar-refractivity contribution in [1.29, 1.82) is 0 Å². The van der Waals surface area contributed by atoms with Crippen LogP contribution in [0.2, 0.25) is 5.02 Å². The normalized spacial score (nSPS) is 19.5. The summed E-state index contributed by atoms with van der Waals surface area (Å²) in [6.07, 6.45) is 0.706. The Bertz CT molecular complexity index is 1140. The molecule has 6 heteroatoms. The van der Waals surface area contributed by atoms with Crippen LogP contribution in [0.4, 0.5) is 11.4 Å². The highest BCUT2D eigenvalue weighted by molar-refractivity contribution is 6.33. The zero-order chi connectivity index (χ0) is 22.8. The molecule has 1 amide bonds. The fraction of sp³-hybridized carbons (Fsp3) is 0.296. The number of hydrogen-bond acceptors (Lipinski definition) is 4. The molecule has 5 rings (SSSR count). The molecule has 170 valence electrons. The van der Waals surface area contributed by atoms with Crippen molar-refractivity contribution >= 4 is 28.9 Å². The number of halogens is 1. The highest BCUT2D eigenvalue weighted by Crippen LogP contribution is 2.39. The van der Waals surface area contributed by atoms with E-state index in [1.54, 1.807) is 7.11 Å². The van der Waals surface area contributed by atoms with E-state index in [1.165, 1.54) is 11.3 Å². The second-order valence-corrected chi connectivity index (χ2v) is 9.07. The van der Waals surface area contributed by atoms with E-state index in [9.17, 15) is 4.79 Å². The van der Waals surface area contributed by atoms with E-state index >= 15 is 0 Å². The van der Waals surface area contributed by atoms with Gasteiger partial charge >= 0.3 is 0 Å². The van der Waals surface area contributed by atoms with E-state index in [2.05, 4.69) is 33.3 Å². The first-order valence-electron chi connectivity index (χ1n) is 11.4. The number of methoxy groups -OCH3 is 1. The monoisotopic (exact) mass is 461 g/mol. The smallest absolute Gasteiger partial charge is 0.225 e. The SMILES string of the molecule is COc1ccc2c(c1)N1CCN(c3ccccc3Cl)CC1C(C(=O)NCc1ccccc1)C2. The number of nitrogens with one attached hydrogen (secondary N) is 1. The molecule has 33 heavy (non-hydrogen) atoms. The van der Waals surface area contributed by atoms with Gasteiger partial charge in [0.2, 0.25) is 5.91 Å². The number of nitrogens with zero attached hydrogens (tertiary/aromatic N) is 2. The topological polar surface area (TPSA) is 44.8 Å². The molecule has 2 atom stereocenters. The Balaban J connectivity index is 1.43. The quantitative estimate of drug-likeness (QED) is 0.606. The maximum absolute atomic E-state index is 13.5. The van der Waals surface area contributed by atoms with Crippen molar-refractivity contribution in [3.05, 3.63) is 88.9 Å². The molecule has 1 saturated heterocycles. The van der Waals surface area contributed by atoms with Crippen molar-refractivity contribution in [1.82, 2.24) is 5.32 Å². The number of carbonyl (C=O) groups is 1. The maximum atomic E-state index is 13.5. The van der Waals surface area contributed by atoms with Gasteiger partial charge < -0.3 is 19.9 Å². The van der Waals surface area contributed by atoms with Crippen LogP contribution < -0.4 is 19.9 Å². The standard InChI is InChI=1S/C27H28ClN3O2/c1-33-21-12-11-20-15-22(27(32)29-17-19-7-3-2-4-8-19)26-18-30(13-14-31(26)25(20)16-21)24-10-6-5-9-23(24)28/h2-12,16,22,26H,13-15,17-18H2,1H3,(H,29,32). The van der Waals surface area contributed by atoms with Crippen molar-refractivity contribution < 1.29 is 9.53 Å². The summed E-state index contributed by atoms with van der Waals surface area (Å²) in [4.78, 5) is 18.2. The molecule has 3 aromatic rings. The van der Waals surface area contributed by atoms with Crippen LogP contribution >= 0.6 is 11.6 Å². The minimum Gasteiger partial charge on any atom is -0.497 e. The third-order valence-corrected chi connectivity index (χ3v) is 7.08. The summed E-state index contributed by atoms with van der Waals surface area (Å²) in [5, 5.41) is 3.93. The highest BCUT2D eigenvalue weighted by atomic mass is 35.5. The zero-order valence-electron chi connectivity index (χ0n) is 18.7. The molecule has 0 bridgehead atoms. The van der Waals surface area contributed by atoms with Crippen LogP contribution in [0.25, 0.3) is 0 Å². The summed E-state index contributed by atoms with van der Waals surface area (Å²) in [6.45, 7) is 2.93. The number of rotatable bonds is 5. The number of ether oxygens (including phenoxy) is 1. The lowest BCUT2D eigenvalue weighted by Crippen LogP contribution is -2.61. The Morgan fingerprint density at radius 2 is 1.82 bits per heavy atom. The third-order valence-electron chi connectivity index (χ3n) is 6.76. The van der Waals surface area contributed by atoms with Crippen LogP contribution in [0, 0.1) is 5.92 Å². The Morgan fingerprint density at radius 3 is 2.61 bits per heavy atom. The van der Waals surface area contributed by atoms with Crippen LogP contribution in [0.5, 0.6) is 5.75 Å². The van der Waals surface area contributed by atoms with Gasteiger partial charge in [-0.2, -0.15) is 0 Å². The van der Waals surface area contributed by atoms with Crippen LogP contribution in [-0.2, 0) is 17.8 Å². The number of amides is 1. The molecule has 0 radical (unpaired) electrons. The van der Waals surface area contributed by atoms with Crippen LogP contribution in [0.1, 0.15) is 11.1 Å². The number of anilines is 2. The minimum absolute atomic E-state index is 0.0467. The lowest BCUT2D eigenvalue weighted by Gasteiger charge is -2.49. The second kappa shape index (κ2) is 9.36. The van der Waals surface area contributed by atoms with Crippen LogP contribution in [0.15, 0.2) is 72.8 Å². The fourth-order valence-electron chi connectivity index (χ4n) is 5.05. The first-order valence-corrected chi connectivity index (χ1v) is 11.8. The van der Waals surface area contributed by atoms with E-state index in [0.29, 0.717) is 13.0 Å². The third kappa shape index (κ3) is 4.38. The second-order valence-electron chi connectivity index (χ2n) is 8.67. The van der Waals surface area contributed by atoms with Gasteiger partial charge in [-0.05, 0) is 35.7 Å². The summed E-state index contributed by atoms with van der Waals surface area (Å²) in [5.74, 6) is 0.782. The molecular weight excluding hydrogens is 434 g/mol. The Kier molecular flexibility index (Phi) is 6.14. The van der Waals surface area contributed by atoms with Gasteiger partial charge in [0, 0.05) is 37.9 Å². The largest absolute Gasteiger partial charge is 0.497 e. The van der Waals surface area contributed by atoms with E-state index in [4.69, 9.17) is 16.3 Å². The molecule has 0 aromatic heterocycles. The predicted molar refractivity (Wildman–Crippen MR) is 133 cm³/mol. The van der Waals surface area contributed by atoms with Gasteiger partial charge in [0.25, 0.3) is 0 Å². The number of piperazine rings is 1. The Hall–Kier alpha value is -3.18. The average Bonchev–Trinajstić information content (AvgIpc) is 2.87. The summed E-state index contributed by atoms with van der Waals surface area (Å²) in [5.41, 5.74) is 4.49. The van der Waals surface area contributed by atoms with E-state index < -0.39 is 0 Å². The highest BCUT2D eigenvalue weighted by Gasteiger charge is 2.42. The number of benzene rings is 3. The van der Waals surface area contributed by atoms with Gasteiger partial charge in [0.05, 0.1) is 29.8 Å². The number of fused-ring (bicyclic) bond motifs is 3. The molecule has 2 aliphatic rings. The van der Waals surface area contributed by atoms with Crippen molar-refractivity contribution in [2.24, 2.45) is 5.92 Å². The number of para-hydroxylation sites is 1. The number of carbonyl (C=O) groups excluding carboxylic acids is 1. The fourth-order valence-corrected chi connectivity index (χ4v) is 5.30. The van der Waals surface area contributed by atoms with Crippen molar-refractivity contribution in [2.45, 2.75) is 19.0 Å². The molecule has 0 spiro atoms. The van der Waals surface area contributed by atoms with Gasteiger partial charge in [-0.1, -0.05) is 60.1 Å².